The molecule has 0 fully saturated rings. The number of carbonyl (C=O) groups is 1. The Hall–Kier alpha value is -1.30. The van der Waals surface area contributed by atoms with Crippen molar-refractivity contribution < 1.29 is 4.79 Å². The van der Waals surface area contributed by atoms with Gasteiger partial charge >= 0.3 is 0 Å². The first-order valence-electron chi connectivity index (χ1n) is 6.51. The molecule has 2 aromatic heterocycles. The quantitative estimate of drug-likeness (QED) is 0.881. The fourth-order valence-corrected chi connectivity index (χ4v) is 1.93. The fraction of sp³-hybridized carbons (Fsp3) is 0.429. The number of rotatable bonds is 5. The largest absolute Gasteiger partial charge is 0.350 e. The fourth-order valence-electron chi connectivity index (χ4n) is 1.93. The number of hydrogen-bond donors (Lipinski definition) is 2. The highest BCUT2D eigenvalue weighted by atomic mass is 35.5. The van der Waals surface area contributed by atoms with Crippen molar-refractivity contribution in [3.8, 4) is 0 Å². The number of nitrogens with two attached hydrogens (primary N) is 1. The van der Waals surface area contributed by atoms with E-state index in [9.17, 15) is 4.79 Å². The van der Waals surface area contributed by atoms with Crippen molar-refractivity contribution in [3.05, 3.63) is 35.8 Å². The van der Waals surface area contributed by atoms with Crippen LogP contribution >= 0.6 is 24.8 Å². The molecule has 0 aliphatic heterocycles. The zero-order valence-electron chi connectivity index (χ0n) is 12.2. The molecule has 0 spiro atoms. The van der Waals surface area contributed by atoms with Gasteiger partial charge < -0.3 is 15.5 Å². The van der Waals surface area contributed by atoms with Gasteiger partial charge in [-0.3, -0.25) is 4.79 Å². The minimum Gasteiger partial charge on any atom is -0.350 e. The molecule has 0 aromatic carbocycles. The maximum Gasteiger partial charge on any atom is 0.220 e. The number of carbonyl (C=O) groups excluding carboxylic acids is 1. The second-order valence-electron chi connectivity index (χ2n) is 4.95. The number of amides is 1. The summed E-state index contributed by atoms with van der Waals surface area (Å²) in [6, 6.07) is 4.06. The summed E-state index contributed by atoms with van der Waals surface area (Å²) in [5.41, 5.74) is 8.54. The third kappa shape index (κ3) is 5.53. The van der Waals surface area contributed by atoms with Gasteiger partial charge in [0.05, 0.1) is 12.2 Å². The van der Waals surface area contributed by atoms with Crippen molar-refractivity contribution in [2.24, 2.45) is 5.73 Å². The van der Waals surface area contributed by atoms with Gasteiger partial charge in [0.15, 0.2) is 0 Å². The lowest BCUT2D eigenvalue weighted by atomic mass is 10.2. The number of aromatic nitrogens is 2. The van der Waals surface area contributed by atoms with E-state index < -0.39 is 0 Å². The predicted molar refractivity (Wildman–Crippen MR) is 89.2 cm³/mol. The van der Waals surface area contributed by atoms with Crippen LogP contribution in [-0.4, -0.2) is 21.3 Å². The van der Waals surface area contributed by atoms with Crippen LogP contribution in [0.15, 0.2) is 24.5 Å². The van der Waals surface area contributed by atoms with E-state index in [2.05, 4.69) is 10.3 Å². The molecule has 0 saturated heterocycles. The molecule has 0 saturated carbocycles. The number of fused-ring (bicyclic) bond motifs is 1. The van der Waals surface area contributed by atoms with Crippen molar-refractivity contribution in [1.29, 1.82) is 0 Å². The maximum atomic E-state index is 11.6. The van der Waals surface area contributed by atoms with Crippen LogP contribution in [0.25, 0.3) is 5.65 Å². The number of nitrogens with zero attached hydrogens (tertiary/aromatic N) is 2. The highest BCUT2D eigenvalue weighted by molar-refractivity contribution is 5.85. The Bertz CT molecular complexity index is 583. The first-order valence-corrected chi connectivity index (χ1v) is 6.51. The van der Waals surface area contributed by atoms with E-state index in [0.717, 1.165) is 16.9 Å². The maximum absolute atomic E-state index is 11.6. The van der Waals surface area contributed by atoms with E-state index in [1.54, 1.807) is 0 Å². The zero-order chi connectivity index (χ0) is 13.8. The smallest absolute Gasteiger partial charge is 0.220 e. The standard InChI is InChI=1S/C14H20N4O.2ClH/c1-10-4-3-7-18-9-12(17-14(10)18)8-16-13(19)6-5-11(2)15;;/h3-4,7,9,11H,5-6,8,15H2,1-2H3,(H,16,19);2*1H. The van der Waals surface area contributed by atoms with Gasteiger partial charge in [0.2, 0.25) is 5.91 Å². The summed E-state index contributed by atoms with van der Waals surface area (Å²) in [5, 5.41) is 2.86. The highest BCUT2D eigenvalue weighted by Crippen LogP contribution is 2.09. The van der Waals surface area contributed by atoms with Crippen molar-refractivity contribution >= 4 is 36.4 Å². The SMILES string of the molecule is Cc1cccn2cc(CNC(=O)CCC(C)N)nc12.Cl.Cl. The normalized spacial score (nSPS) is 11.4. The Morgan fingerprint density at radius 3 is 2.81 bits per heavy atom. The van der Waals surface area contributed by atoms with Gasteiger partial charge in [0.1, 0.15) is 5.65 Å². The number of nitrogens with one attached hydrogen (secondary N) is 1. The van der Waals surface area contributed by atoms with Crippen LogP contribution < -0.4 is 11.1 Å². The summed E-state index contributed by atoms with van der Waals surface area (Å²) in [5.74, 6) is 0.0195. The van der Waals surface area contributed by atoms with Crippen molar-refractivity contribution in [2.45, 2.75) is 39.3 Å². The van der Waals surface area contributed by atoms with E-state index in [0.29, 0.717) is 19.4 Å². The van der Waals surface area contributed by atoms with E-state index in [4.69, 9.17) is 5.73 Å². The number of pyridine rings is 1. The molecule has 2 rings (SSSR count). The van der Waals surface area contributed by atoms with Crippen LogP contribution in [0.1, 0.15) is 31.0 Å². The molecule has 21 heavy (non-hydrogen) atoms. The molecule has 5 nitrogen and oxygen atoms in total. The number of hydrogen-bond acceptors (Lipinski definition) is 3. The molecular formula is C14H22Cl2N4O. The van der Waals surface area contributed by atoms with E-state index in [1.165, 1.54) is 0 Å². The van der Waals surface area contributed by atoms with E-state index in [-0.39, 0.29) is 36.8 Å². The molecule has 1 unspecified atom stereocenters. The van der Waals surface area contributed by atoms with Crippen molar-refractivity contribution in [3.63, 3.8) is 0 Å². The lowest BCUT2D eigenvalue weighted by Gasteiger charge is -2.05. The topological polar surface area (TPSA) is 72.4 Å². The second kappa shape index (κ2) is 8.87. The second-order valence-corrected chi connectivity index (χ2v) is 4.95. The summed E-state index contributed by atoms with van der Waals surface area (Å²) in [6.45, 7) is 4.38. The van der Waals surface area contributed by atoms with Gasteiger partial charge in [-0.05, 0) is 31.9 Å². The van der Waals surface area contributed by atoms with Crippen LogP contribution in [-0.2, 0) is 11.3 Å². The van der Waals surface area contributed by atoms with Crippen LogP contribution in [0, 0.1) is 6.92 Å². The zero-order valence-corrected chi connectivity index (χ0v) is 13.8. The van der Waals surface area contributed by atoms with Crippen LogP contribution in [0.4, 0.5) is 0 Å². The Morgan fingerprint density at radius 2 is 2.19 bits per heavy atom. The van der Waals surface area contributed by atoms with Gasteiger partial charge in [-0.1, -0.05) is 6.07 Å². The average molecular weight is 333 g/mol. The summed E-state index contributed by atoms with van der Waals surface area (Å²) in [4.78, 5) is 16.1. The minimum atomic E-state index is 0. The number of halogens is 2. The van der Waals surface area contributed by atoms with Crippen LogP contribution in [0.5, 0.6) is 0 Å². The summed E-state index contributed by atoms with van der Waals surface area (Å²) < 4.78 is 1.97. The molecule has 1 atom stereocenters. The van der Waals surface area contributed by atoms with Gasteiger partial charge in [0, 0.05) is 24.9 Å². The molecule has 0 aliphatic rings. The van der Waals surface area contributed by atoms with E-state index in [1.807, 2.05) is 42.8 Å². The molecular weight excluding hydrogens is 311 g/mol. The Labute approximate surface area is 137 Å². The van der Waals surface area contributed by atoms with Crippen LogP contribution in [0.2, 0.25) is 0 Å². The average Bonchev–Trinajstić information content (AvgIpc) is 2.78. The Kier molecular flexibility index (Phi) is 8.32. The highest BCUT2D eigenvalue weighted by Gasteiger charge is 2.06. The summed E-state index contributed by atoms with van der Waals surface area (Å²) >= 11 is 0. The first-order chi connectivity index (χ1) is 9.06. The van der Waals surface area contributed by atoms with Gasteiger partial charge in [-0.25, -0.2) is 4.98 Å². The molecule has 7 heteroatoms. The van der Waals surface area contributed by atoms with Crippen molar-refractivity contribution in [2.75, 3.05) is 0 Å². The molecule has 3 N–H and O–H groups in total. The lowest BCUT2D eigenvalue weighted by molar-refractivity contribution is -0.121. The molecule has 2 aromatic rings. The summed E-state index contributed by atoms with van der Waals surface area (Å²) in [7, 11) is 0. The van der Waals surface area contributed by atoms with Gasteiger partial charge in [-0.15, -0.1) is 24.8 Å². The Balaban J connectivity index is 0.00000200. The molecule has 2 heterocycles. The van der Waals surface area contributed by atoms with Gasteiger partial charge in [-0.2, -0.15) is 0 Å². The summed E-state index contributed by atoms with van der Waals surface area (Å²) in [6.07, 6.45) is 5.06. The molecule has 1 amide bonds. The first kappa shape index (κ1) is 19.7. The van der Waals surface area contributed by atoms with Gasteiger partial charge in [0.25, 0.3) is 0 Å². The Morgan fingerprint density at radius 1 is 1.48 bits per heavy atom. The third-order valence-corrected chi connectivity index (χ3v) is 3.02. The molecule has 0 bridgehead atoms. The molecule has 0 aliphatic carbocycles. The molecule has 118 valence electrons. The minimum absolute atomic E-state index is 0. The van der Waals surface area contributed by atoms with Crippen LogP contribution in [0.3, 0.4) is 0 Å². The number of imidazole rings is 1. The number of aryl methyl sites for hydroxylation is 1. The third-order valence-electron chi connectivity index (χ3n) is 3.02. The molecule has 0 radical (unpaired) electrons. The van der Waals surface area contributed by atoms with E-state index >= 15 is 0 Å². The van der Waals surface area contributed by atoms with Crippen molar-refractivity contribution in [1.82, 2.24) is 14.7 Å². The lowest BCUT2D eigenvalue weighted by Crippen LogP contribution is -2.25. The monoisotopic (exact) mass is 332 g/mol. The predicted octanol–water partition coefficient (Wildman–Crippen LogP) is 2.23.